The second kappa shape index (κ2) is 9.96. The Hall–Kier alpha value is -3.35. The minimum absolute atomic E-state index is 0.426. The maximum atomic E-state index is 5.61. The maximum absolute atomic E-state index is 5.61. The van der Waals surface area contributed by atoms with E-state index in [1.807, 2.05) is 49.4 Å². The fraction of sp³-hybridized carbons (Fsp3) is 0.250. The highest BCUT2D eigenvalue weighted by atomic mass is 16.5. The fourth-order valence-corrected chi connectivity index (χ4v) is 2.37. The van der Waals surface area contributed by atoms with Crippen molar-refractivity contribution in [2.75, 3.05) is 19.7 Å². The highest BCUT2D eigenvalue weighted by Gasteiger charge is 2.06. The first-order chi connectivity index (χ1) is 13.3. The first-order valence-electron chi connectivity index (χ1n) is 8.90. The molecule has 2 heterocycles. The highest BCUT2D eigenvalue weighted by molar-refractivity contribution is 5.79. The first-order valence-corrected chi connectivity index (χ1v) is 8.90. The van der Waals surface area contributed by atoms with Crippen LogP contribution >= 0.6 is 0 Å². The summed E-state index contributed by atoms with van der Waals surface area (Å²) in [4.78, 5) is 13.0. The lowest BCUT2D eigenvalue weighted by Gasteiger charge is -2.11. The van der Waals surface area contributed by atoms with E-state index in [0.717, 1.165) is 23.6 Å². The molecule has 0 saturated carbocycles. The van der Waals surface area contributed by atoms with Crippen LogP contribution in [0.3, 0.4) is 0 Å². The number of aromatic nitrogens is 2. The topological polar surface area (TPSA) is 84.6 Å². The van der Waals surface area contributed by atoms with E-state index >= 15 is 0 Å². The van der Waals surface area contributed by atoms with E-state index in [9.17, 15) is 0 Å². The molecule has 27 heavy (non-hydrogen) atoms. The van der Waals surface area contributed by atoms with Crippen LogP contribution < -0.4 is 15.4 Å². The van der Waals surface area contributed by atoms with Crippen molar-refractivity contribution in [2.24, 2.45) is 4.99 Å². The number of aliphatic imine (C=N–C) groups is 1. The van der Waals surface area contributed by atoms with Crippen LogP contribution in [0, 0.1) is 0 Å². The molecule has 0 fully saturated rings. The first kappa shape index (κ1) is 18.4. The molecule has 7 nitrogen and oxygen atoms in total. The number of rotatable bonds is 8. The van der Waals surface area contributed by atoms with Gasteiger partial charge in [-0.1, -0.05) is 18.2 Å². The number of hydrogen-bond donors (Lipinski definition) is 2. The summed E-state index contributed by atoms with van der Waals surface area (Å²) in [5, 5.41) is 6.44. The van der Waals surface area contributed by atoms with Gasteiger partial charge in [-0.2, -0.15) is 0 Å². The zero-order valence-corrected chi connectivity index (χ0v) is 15.3. The molecular weight excluding hydrogens is 342 g/mol. The van der Waals surface area contributed by atoms with Crippen molar-refractivity contribution in [3.63, 3.8) is 0 Å². The van der Waals surface area contributed by atoms with Crippen LogP contribution in [0.25, 0.3) is 11.5 Å². The van der Waals surface area contributed by atoms with E-state index in [0.29, 0.717) is 31.5 Å². The summed E-state index contributed by atoms with van der Waals surface area (Å²) in [6.07, 6.45) is 5.04. The minimum Gasteiger partial charge on any atom is -0.490 e. The Labute approximate surface area is 158 Å². The third-order valence-electron chi connectivity index (χ3n) is 3.61. The number of hydrogen-bond acceptors (Lipinski definition) is 5. The average molecular weight is 365 g/mol. The molecule has 0 radical (unpaired) electrons. The molecule has 0 amide bonds. The molecule has 0 aliphatic carbocycles. The van der Waals surface area contributed by atoms with E-state index in [1.165, 1.54) is 0 Å². The van der Waals surface area contributed by atoms with E-state index in [4.69, 9.17) is 9.15 Å². The Morgan fingerprint density at radius 2 is 2.04 bits per heavy atom. The van der Waals surface area contributed by atoms with Gasteiger partial charge in [0.15, 0.2) is 5.96 Å². The quantitative estimate of drug-likeness (QED) is 0.363. The molecule has 0 atom stereocenters. The van der Waals surface area contributed by atoms with Crippen LogP contribution in [0.2, 0.25) is 0 Å². The zero-order valence-electron chi connectivity index (χ0n) is 15.3. The van der Waals surface area contributed by atoms with Gasteiger partial charge in [-0.3, -0.25) is 4.98 Å². The van der Waals surface area contributed by atoms with E-state index in [1.54, 1.807) is 18.7 Å². The summed E-state index contributed by atoms with van der Waals surface area (Å²) in [5.41, 5.74) is 1.72. The molecule has 2 N–H and O–H groups in total. The van der Waals surface area contributed by atoms with Crippen LogP contribution in [0.15, 0.2) is 70.5 Å². The predicted octanol–water partition coefficient (Wildman–Crippen LogP) is 2.87. The van der Waals surface area contributed by atoms with Crippen LogP contribution in [-0.2, 0) is 6.54 Å². The molecule has 2 aromatic heterocycles. The van der Waals surface area contributed by atoms with E-state index in [2.05, 4.69) is 25.6 Å². The third kappa shape index (κ3) is 5.85. The molecular formula is C20H23N5O2. The fourth-order valence-electron chi connectivity index (χ4n) is 2.37. The molecule has 0 saturated heterocycles. The van der Waals surface area contributed by atoms with Gasteiger partial charge in [-0.05, 0) is 31.2 Å². The molecule has 3 rings (SSSR count). The summed E-state index contributed by atoms with van der Waals surface area (Å²) in [5.74, 6) is 2.05. The van der Waals surface area contributed by atoms with Gasteiger partial charge >= 0.3 is 0 Å². The number of ether oxygens (including phenoxy) is 1. The number of nitrogens with zero attached hydrogens (tertiary/aromatic N) is 3. The number of benzene rings is 1. The minimum atomic E-state index is 0.426. The van der Waals surface area contributed by atoms with Crippen molar-refractivity contribution < 1.29 is 9.15 Å². The monoisotopic (exact) mass is 365 g/mol. The Morgan fingerprint density at radius 1 is 1.15 bits per heavy atom. The summed E-state index contributed by atoms with van der Waals surface area (Å²) < 4.78 is 11.2. The number of pyridine rings is 1. The Morgan fingerprint density at radius 3 is 2.81 bits per heavy atom. The van der Waals surface area contributed by atoms with Crippen molar-refractivity contribution in [3.8, 4) is 17.2 Å². The maximum Gasteiger partial charge on any atom is 0.226 e. The Bertz CT molecular complexity index is 834. The summed E-state index contributed by atoms with van der Waals surface area (Å²) in [6.45, 7) is 4.35. The zero-order chi connectivity index (χ0) is 18.7. The molecule has 0 aliphatic heterocycles. The molecule has 0 aliphatic rings. The van der Waals surface area contributed by atoms with Crippen LogP contribution in [0.5, 0.6) is 5.75 Å². The summed E-state index contributed by atoms with van der Waals surface area (Å²) >= 11 is 0. The van der Waals surface area contributed by atoms with Gasteiger partial charge in [0, 0.05) is 18.3 Å². The van der Waals surface area contributed by atoms with Gasteiger partial charge < -0.3 is 19.8 Å². The smallest absolute Gasteiger partial charge is 0.226 e. The third-order valence-corrected chi connectivity index (χ3v) is 3.61. The van der Waals surface area contributed by atoms with Crippen molar-refractivity contribution in [1.29, 1.82) is 0 Å². The van der Waals surface area contributed by atoms with Crippen LogP contribution in [0.4, 0.5) is 0 Å². The van der Waals surface area contributed by atoms with Crippen molar-refractivity contribution >= 4 is 5.96 Å². The van der Waals surface area contributed by atoms with Gasteiger partial charge in [-0.15, -0.1) is 0 Å². The normalized spacial score (nSPS) is 11.2. The SMILES string of the molecule is CCNC(=NCc1coc(-c2ccccc2)n1)NCCOc1cccnc1. The Kier molecular flexibility index (Phi) is 6.80. The summed E-state index contributed by atoms with van der Waals surface area (Å²) in [7, 11) is 0. The van der Waals surface area contributed by atoms with Gasteiger partial charge in [0.05, 0.1) is 19.3 Å². The molecule has 0 spiro atoms. The molecule has 3 aromatic rings. The van der Waals surface area contributed by atoms with Crippen molar-refractivity contribution in [3.05, 3.63) is 66.8 Å². The lowest BCUT2D eigenvalue weighted by atomic mass is 10.2. The Balaban J connectivity index is 1.50. The number of oxazole rings is 1. The molecule has 1 aromatic carbocycles. The number of guanidine groups is 1. The van der Waals surface area contributed by atoms with Crippen molar-refractivity contribution in [2.45, 2.75) is 13.5 Å². The van der Waals surface area contributed by atoms with Gasteiger partial charge in [0.2, 0.25) is 5.89 Å². The predicted molar refractivity (Wildman–Crippen MR) is 104 cm³/mol. The molecule has 140 valence electrons. The lowest BCUT2D eigenvalue weighted by Crippen LogP contribution is -2.39. The highest BCUT2D eigenvalue weighted by Crippen LogP contribution is 2.18. The molecule has 7 heteroatoms. The van der Waals surface area contributed by atoms with Crippen molar-refractivity contribution in [1.82, 2.24) is 20.6 Å². The standard InChI is InChI=1S/C20H23N5O2/c1-2-22-20(23-11-12-26-18-9-6-10-21-14-18)24-13-17-15-27-19(25-17)16-7-4-3-5-8-16/h3-10,14-15H,2,11-13H2,1H3,(H2,22,23,24). The molecule has 0 unspecified atom stereocenters. The largest absolute Gasteiger partial charge is 0.490 e. The van der Waals surface area contributed by atoms with Gasteiger partial charge in [0.25, 0.3) is 0 Å². The van der Waals surface area contributed by atoms with Crippen LogP contribution in [-0.4, -0.2) is 35.6 Å². The summed E-state index contributed by atoms with van der Waals surface area (Å²) in [6, 6.07) is 13.5. The van der Waals surface area contributed by atoms with Gasteiger partial charge in [0.1, 0.15) is 24.3 Å². The molecule has 0 bridgehead atoms. The number of nitrogens with one attached hydrogen (secondary N) is 2. The lowest BCUT2D eigenvalue weighted by molar-refractivity contribution is 0.320. The second-order valence-electron chi connectivity index (χ2n) is 5.67. The van der Waals surface area contributed by atoms with Crippen LogP contribution in [0.1, 0.15) is 12.6 Å². The average Bonchev–Trinajstić information content (AvgIpc) is 3.20. The second-order valence-corrected chi connectivity index (χ2v) is 5.67. The van der Waals surface area contributed by atoms with Gasteiger partial charge in [-0.25, -0.2) is 9.98 Å². The van der Waals surface area contributed by atoms with E-state index < -0.39 is 0 Å². The van der Waals surface area contributed by atoms with E-state index in [-0.39, 0.29) is 0 Å².